The molecule has 0 saturated carbocycles. The molecule has 1 heterocycles. The van der Waals surface area contributed by atoms with E-state index in [0.717, 1.165) is 6.42 Å². The average molecular weight is 384 g/mol. The predicted octanol–water partition coefficient (Wildman–Crippen LogP) is 2.02. The highest BCUT2D eigenvalue weighted by Crippen LogP contribution is 2.32. The Bertz CT molecular complexity index is 735. The van der Waals surface area contributed by atoms with Gasteiger partial charge in [-0.15, -0.1) is 0 Å². The third-order valence-electron chi connectivity index (χ3n) is 4.74. The van der Waals surface area contributed by atoms with Crippen molar-refractivity contribution in [2.24, 2.45) is 5.92 Å². The maximum atomic E-state index is 13.1. The van der Waals surface area contributed by atoms with E-state index in [4.69, 9.17) is 9.47 Å². The second-order valence-corrected chi connectivity index (χ2v) is 8.44. The first kappa shape index (κ1) is 20.5. The van der Waals surface area contributed by atoms with Gasteiger partial charge in [0.1, 0.15) is 16.4 Å². The van der Waals surface area contributed by atoms with Crippen molar-refractivity contribution < 1.29 is 22.7 Å². The Morgan fingerprint density at radius 1 is 1.35 bits per heavy atom. The number of nitrogens with one attached hydrogen (secondary N) is 1. The molecule has 0 unspecified atom stereocenters. The first-order chi connectivity index (χ1) is 12.3. The molecule has 0 spiro atoms. The summed E-state index contributed by atoms with van der Waals surface area (Å²) in [7, 11) is -0.879. The van der Waals surface area contributed by atoms with E-state index in [1.807, 2.05) is 13.8 Å². The molecule has 1 amide bonds. The van der Waals surface area contributed by atoms with E-state index in [9.17, 15) is 13.2 Å². The van der Waals surface area contributed by atoms with Crippen molar-refractivity contribution in [3.8, 4) is 11.5 Å². The molecule has 0 aromatic heterocycles. The minimum atomic E-state index is -3.79. The highest BCUT2D eigenvalue weighted by Gasteiger charge is 2.35. The van der Waals surface area contributed by atoms with Crippen LogP contribution < -0.4 is 14.8 Å². The van der Waals surface area contributed by atoms with Crippen LogP contribution in [0.5, 0.6) is 11.5 Å². The lowest BCUT2D eigenvalue weighted by Gasteiger charge is -2.32. The number of rotatable bonds is 7. The van der Waals surface area contributed by atoms with Crippen LogP contribution in [0.2, 0.25) is 0 Å². The maximum Gasteiger partial charge on any atom is 0.246 e. The molecule has 1 N–H and O–H groups in total. The first-order valence-electron chi connectivity index (χ1n) is 8.86. The van der Waals surface area contributed by atoms with Gasteiger partial charge in [0.25, 0.3) is 0 Å². The summed E-state index contributed by atoms with van der Waals surface area (Å²) in [6.45, 7) is 4.49. The number of amides is 1. The Kier molecular flexibility index (Phi) is 6.88. The Hall–Kier alpha value is -1.80. The predicted molar refractivity (Wildman–Crippen MR) is 98.9 cm³/mol. The fourth-order valence-electron chi connectivity index (χ4n) is 2.96. The largest absolute Gasteiger partial charge is 0.497 e. The molecule has 1 aromatic carbocycles. The van der Waals surface area contributed by atoms with Crippen LogP contribution in [0.25, 0.3) is 0 Å². The van der Waals surface area contributed by atoms with Gasteiger partial charge in [0.2, 0.25) is 15.9 Å². The Balaban J connectivity index is 2.25. The molecule has 1 fully saturated rings. The second-order valence-electron chi connectivity index (χ2n) is 6.54. The highest BCUT2D eigenvalue weighted by molar-refractivity contribution is 7.89. The van der Waals surface area contributed by atoms with Crippen molar-refractivity contribution in [1.29, 1.82) is 0 Å². The molecule has 1 aromatic rings. The molecule has 1 aliphatic rings. The van der Waals surface area contributed by atoms with Crippen LogP contribution in [-0.2, 0) is 14.8 Å². The number of sulfonamides is 1. The van der Waals surface area contributed by atoms with E-state index >= 15 is 0 Å². The van der Waals surface area contributed by atoms with Gasteiger partial charge in [-0.05, 0) is 38.3 Å². The maximum absolute atomic E-state index is 13.1. The van der Waals surface area contributed by atoms with Crippen LogP contribution in [0, 0.1) is 5.92 Å². The molecule has 1 aliphatic heterocycles. The number of carbonyl (C=O) groups excluding carboxylic acids is 1. The summed E-state index contributed by atoms with van der Waals surface area (Å²) in [4.78, 5) is 12.5. The van der Waals surface area contributed by atoms with Crippen LogP contribution in [0.3, 0.4) is 0 Å². The summed E-state index contributed by atoms with van der Waals surface area (Å²) in [6, 6.07) is 4.75. The monoisotopic (exact) mass is 384 g/mol. The molecule has 0 bridgehead atoms. The van der Waals surface area contributed by atoms with Gasteiger partial charge >= 0.3 is 0 Å². The summed E-state index contributed by atoms with van der Waals surface area (Å²) < 4.78 is 38.0. The van der Waals surface area contributed by atoms with Gasteiger partial charge in [-0.1, -0.05) is 6.92 Å². The third kappa shape index (κ3) is 4.48. The molecule has 146 valence electrons. The van der Waals surface area contributed by atoms with Gasteiger partial charge in [0, 0.05) is 25.2 Å². The molecule has 1 saturated heterocycles. The number of carbonyl (C=O) groups is 1. The van der Waals surface area contributed by atoms with Gasteiger partial charge in [-0.2, -0.15) is 4.31 Å². The topological polar surface area (TPSA) is 84.9 Å². The van der Waals surface area contributed by atoms with E-state index in [2.05, 4.69) is 5.32 Å². The molecule has 2 rings (SSSR count). The van der Waals surface area contributed by atoms with E-state index in [1.54, 1.807) is 12.1 Å². The summed E-state index contributed by atoms with van der Waals surface area (Å²) in [5, 5.41) is 2.95. The summed E-state index contributed by atoms with van der Waals surface area (Å²) in [6.07, 6.45) is 2.16. The molecule has 7 nitrogen and oxygen atoms in total. The minimum absolute atomic E-state index is 0.0577. The zero-order valence-electron chi connectivity index (χ0n) is 15.8. The van der Waals surface area contributed by atoms with Crippen molar-refractivity contribution in [2.75, 3.05) is 27.3 Å². The number of hydrogen-bond donors (Lipinski definition) is 1. The van der Waals surface area contributed by atoms with E-state index in [-0.39, 0.29) is 35.1 Å². The lowest BCUT2D eigenvalue weighted by atomic mass is 9.98. The summed E-state index contributed by atoms with van der Waals surface area (Å²) in [5.74, 6) is 0.269. The van der Waals surface area contributed by atoms with Gasteiger partial charge in [-0.25, -0.2) is 8.42 Å². The van der Waals surface area contributed by atoms with Gasteiger partial charge in [-0.3, -0.25) is 4.79 Å². The van der Waals surface area contributed by atoms with Crippen LogP contribution in [-0.4, -0.2) is 52.0 Å². The van der Waals surface area contributed by atoms with Crippen LogP contribution in [0.4, 0.5) is 0 Å². The molecule has 8 heteroatoms. The van der Waals surface area contributed by atoms with E-state index < -0.39 is 10.0 Å². The minimum Gasteiger partial charge on any atom is -0.497 e. The number of ether oxygens (including phenoxy) is 2. The summed E-state index contributed by atoms with van der Waals surface area (Å²) in [5.41, 5.74) is 0. The smallest absolute Gasteiger partial charge is 0.246 e. The molecular formula is C18H28N2O5S. The van der Waals surface area contributed by atoms with Gasteiger partial charge in [0.05, 0.1) is 20.1 Å². The van der Waals surface area contributed by atoms with Crippen LogP contribution in [0.15, 0.2) is 23.1 Å². The average Bonchev–Trinajstić information content (AvgIpc) is 2.67. The van der Waals surface area contributed by atoms with Crippen molar-refractivity contribution in [1.82, 2.24) is 9.62 Å². The van der Waals surface area contributed by atoms with Crippen molar-refractivity contribution in [3.63, 3.8) is 0 Å². The molecule has 0 aliphatic carbocycles. The SMILES string of the molecule is CC[C@@H](C)NC(=O)[C@@H]1CCCN(S(=O)(=O)c2cc(OC)ccc2OC)C1. The number of nitrogens with zero attached hydrogens (tertiary/aromatic N) is 1. The number of hydrogen-bond acceptors (Lipinski definition) is 5. The van der Waals surface area contributed by atoms with Crippen LogP contribution >= 0.6 is 0 Å². The molecule has 26 heavy (non-hydrogen) atoms. The molecule has 2 atom stereocenters. The first-order valence-corrected chi connectivity index (χ1v) is 10.3. The zero-order valence-corrected chi connectivity index (χ0v) is 16.6. The fraction of sp³-hybridized carbons (Fsp3) is 0.611. The Morgan fingerprint density at radius 3 is 2.69 bits per heavy atom. The third-order valence-corrected chi connectivity index (χ3v) is 6.63. The normalized spacial score (nSPS) is 19.6. The van der Waals surface area contributed by atoms with E-state index in [1.165, 1.54) is 24.6 Å². The standard InChI is InChI=1S/C18H28N2O5S/c1-5-13(2)19-18(21)14-7-6-10-20(12-14)26(22,23)17-11-15(24-3)8-9-16(17)25-4/h8-9,11,13-14H,5-7,10,12H2,1-4H3,(H,19,21)/t13-,14-/m1/s1. The highest BCUT2D eigenvalue weighted by atomic mass is 32.2. The molecule has 0 radical (unpaired) electrons. The fourth-order valence-corrected chi connectivity index (χ4v) is 4.66. The van der Waals surface area contributed by atoms with Crippen molar-refractivity contribution in [3.05, 3.63) is 18.2 Å². The Labute approximate surface area is 155 Å². The van der Waals surface area contributed by atoms with Crippen molar-refractivity contribution >= 4 is 15.9 Å². The number of benzene rings is 1. The van der Waals surface area contributed by atoms with E-state index in [0.29, 0.717) is 25.1 Å². The lowest BCUT2D eigenvalue weighted by molar-refractivity contribution is -0.126. The lowest BCUT2D eigenvalue weighted by Crippen LogP contribution is -2.47. The summed E-state index contributed by atoms with van der Waals surface area (Å²) >= 11 is 0. The van der Waals surface area contributed by atoms with Gasteiger partial charge in [0.15, 0.2) is 0 Å². The van der Waals surface area contributed by atoms with Crippen molar-refractivity contribution in [2.45, 2.75) is 44.0 Å². The zero-order chi connectivity index (χ0) is 19.3. The quantitative estimate of drug-likeness (QED) is 0.777. The van der Waals surface area contributed by atoms with Crippen LogP contribution in [0.1, 0.15) is 33.1 Å². The second kappa shape index (κ2) is 8.73. The molecular weight excluding hydrogens is 356 g/mol. The van der Waals surface area contributed by atoms with Gasteiger partial charge < -0.3 is 14.8 Å². The number of piperidine rings is 1. The number of methoxy groups -OCH3 is 2. The Morgan fingerprint density at radius 2 is 2.08 bits per heavy atom.